The van der Waals surface area contributed by atoms with E-state index in [2.05, 4.69) is 40.1 Å². The molecule has 1 aromatic carbocycles. The van der Waals surface area contributed by atoms with Crippen molar-refractivity contribution in [2.45, 2.75) is 33.9 Å². The first-order valence-corrected chi connectivity index (χ1v) is 8.72. The quantitative estimate of drug-likeness (QED) is 0.545. The van der Waals surface area contributed by atoms with Crippen molar-refractivity contribution < 1.29 is 4.52 Å². The standard InChI is InChI=1S/C20H21N5O/c1-4-25-11-17(10-22-25)20-19(16-8-6-5-7-9-16)21-13-24(20)12-18-14(2)23-26-15(18)3/h5-11,13H,4,12H2,1-3H3. The van der Waals surface area contributed by atoms with Gasteiger partial charge in [0.15, 0.2) is 0 Å². The number of aromatic nitrogens is 5. The molecule has 3 heterocycles. The van der Waals surface area contributed by atoms with Gasteiger partial charge in [0, 0.05) is 29.4 Å². The third-order valence-corrected chi connectivity index (χ3v) is 4.63. The normalized spacial score (nSPS) is 11.2. The highest BCUT2D eigenvalue weighted by Crippen LogP contribution is 2.32. The third kappa shape index (κ3) is 2.83. The van der Waals surface area contributed by atoms with Crippen LogP contribution in [0.5, 0.6) is 0 Å². The minimum Gasteiger partial charge on any atom is -0.361 e. The van der Waals surface area contributed by atoms with Crippen LogP contribution in [0, 0.1) is 13.8 Å². The zero-order chi connectivity index (χ0) is 18.1. The van der Waals surface area contributed by atoms with Crippen LogP contribution >= 0.6 is 0 Å². The maximum absolute atomic E-state index is 5.33. The Kier molecular flexibility index (Phi) is 4.16. The lowest BCUT2D eigenvalue weighted by Gasteiger charge is -2.09. The van der Waals surface area contributed by atoms with Gasteiger partial charge in [-0.05, 0) is 20.8 Å². The molecular formula is C20H21N5O. The van der Waals surface area contributed by atoms with Crippen molar-refractivity contribution in [3.63, 3.8) is 0 Å². The molecule has 0 radical (unpaired) electrons. The van der Waals surface area contributed by atoms with Crippen molar-refractivity contribution >= 4 is 0 Å². The van der Waals surface area contributed by atoms with Gasteiger partial charge >= 0.3 is 0 Å². The molecule has 0 bridgehead atoms. The molecule has 0 fully saturated rings. The molecule has 0 unspecified atom stereocenters. The fraction of sp³-hybridized carbons (Fsp3) is 0.250. The largest absolute Gasteiger partial charge is 0.361 e. The van der Waals surface area contributed by atoms with Crippen LogP contribution in [0.1, 0.15) is 23.9 Å². The van der Waals surface area contributed by atoms with Crippen molar-refractivity contribution in [2.24, 2.45) is 0 Å². The maximum Gasteiger partial charge on any atom is 0.138 e. The van der Waals surface area contributed by atoms with E-state index in [0.29, 0.717) is 6.54 Å². The third-order valence-electron chi connectivity index (χ3n) is 4.63. The summed E-state index contributed by atoms with van der Waals surface area (Å²) < 4.78 is 9.40. The second kappa shape index (κ2) is 6.63. The van der Waals surface area contributed by atoms with Crippen molar-refractivity contribution in [1.29, 1.82) is 0 Å². The lowest BCUT2D eigenvalue weighted by Crippen LogP contribution is -2.02. The molecule has 6 nitrogen and oxygen atoms in total. The second-order valence-corrected chi connectivity index (χ2v) is 6.32. The van der Waals surface area contributed by atoms with E-state index in [1.807, 2.05) is 49.3 Å². The van der Waals surface area contributed by atoms with Crippen LogP contribution in [0.2, 0.25) is 0 Å². The van der Waals surface area contributed by atoms with Crippen LogP contribution in [0.25, 0.3) is 22.5 Å². The van der Waals surface area contributed by atoms with Crippen LogP contribution in [-0.2, 0) is 13.1 Å². The van der Waals surface area contributed by atoms with Gasteiger partial charge in [0.05, 0.1) is 36.2 Å². The van der Waals surface area contributed by atoms with Gasteiger partial charge in [-0.2, -0.15) is 5.10 Å². The first kappa shape index (κ1) is 16.3. The Morgan fingerprint density at radius 2 is 1.88 bits per heavy atom. The van der Waals surface area contributed by atoms with Crippen LogP contribution in [0.15, 0.2) is 53.6 Å². The SMILES string of the molecule is CCn1cc(-c2c(-c3ccccc3)ncn2Cc2c(C)noc2C)cn1. The van der Waals surface area contributed by atoms with E-state index in [9.17, 15) is 0 Å². The highest BCUT2D eigenvalue weighted by molar-refractivity contribution is 5.78. The second-order valence-electron chi connectivity index (χ2n) is 6.32. The van der Waals surface area contributed by atoms with Gasteiger partial charge in [-0.25, -0.2) is 4.98 Å². The van der Waals surface area contributed by atoms with Gasteiger partial charge in [-0.15, -0.1) is 0 Å². The summed E-state index contributed by atoms with van der Waals surface area (Å²) in [5.74, 6) is 0.840. The number of imidazole rings is 1. The summed E-state index contributed by atoms with van der Waals surface area (Å²) in [4.78, 5) is 4.71. The van der Waals surface area contributed by atoms with Crippen LogP contribution in [0.4, 0.5) is 0 Å². The summed E-state index contributed by atoms with van der Waals surface area (Å²) in [6.07, 6.45) is 5.84. The van der Waals surface area contributed by atoms with E-state index in [1.165, 1.54) is 0 Å². The average Bonchev–Trinajstić information content (AvgIpc) is 3.37. The predicted molar refractivity (Wildman–Crippen MR) is 99.6 cm³/mol. The molecule has 26 heavy (non-hydrogen) atoms. The lowest BCUT2D eigenvalue weighted by atomic mass is 10.1. The van der Waals surface area contributed by atoms with Gasteiger partial charge in [0.25, 0.3) is 0 Å². The zero-order valence-corrected chi connectivity index (χ0v) is 15.2. The van der Waals surface area contributed by atoms with E-state index in [-0.39, 0.29) is 0 Å². The van der Waals surface area contributed by atoms with Crippen molar-refractivity contribution in [3.05, 3.63) is 66.1 Å². The Bertz CT molecular complexity index is 1010. The monoisotopic (exact) mass is 347 g/mol. The number of nitrogens with zero attached hydrogens (tertiary/aromatic N) is 5. The molecule has 0 aliphatic heterocycles. The van der Waals surface area contributed by atoms with Gasteiger partial charge in [0.2, 0.25) is 0 Å². The Balaban J connectivity index is 1.85. The van der Waals surface area contributed by atoms with Gasteiger partial charge in [-0.1, -0.05) is 35.5 Å². The lowest BCUT2D eigenvalue weighted by molar-refractivity contribution is 0.392. The molecule has 0 saturated carbocycles. The summed E-state index contributed by atoms with van der Waals surface area (Å²) in [6.45, 7) is 7.48. The van der Waals surface area contributed by atoms with E-state index in [4.69, 9.17) is 9.51 Å². The Labute approximate surface area is 152 Å². The zero-order valence-electron chi connectivity index (χ0n) is 15.2. The van der Waals surface area contributed by atoms with Gasteiger partial charge < -0.3 is 9.09 Å². The minimum absolute atomic E-state index is 0.660. The topological polar surface area (TPSA) is 61.7 Å². The molecule has 4 rings (SSSR count). The Morgan fingerprint density at radius 3 is 2.54 bits per heavy atom. The fourth-order valence-corrected chi connectivity index (χ4v) is 3.17. The van der Waals surface area contributed by atoms with E-state index < -0.39 is 0 Å². The first-order valence-electron chi connectivity index (χ1n) is 8.72. The van der Waals surface area contributed by atoms with Crippen molar-refractivity contribution in [3.8, 4) is 22.5 Å². The van der Waals surface area contributed by atoms with E-state index in [0.717, 1.165) is 46.1 Å². The van der Waals surface area contributed by atoms with Crippen LogP contribution in [-0.4, -0.2) is 24.5 Å². The molecule has 132 valence electrons. The highest BCUT2D eigenvalue weighted by atomic mass is 16.5. The van der Waals surface area contributed by atoms with Gasteiger partial charge in [-0.3, -0.25) is 4.68 Å². The summed E-state index contributed by atoms with van der Waals surface area (Å²) >= 11 is 0. The molecule has 4 aromatic rings. The molecule has 0 aliphatic carbocycles. The molecule has 6 heteroatoms. The van der Waals surface area contributed by atoms with Crippen LogP contribution < -0.4 is 0 Å². The smallest absolute Gasteiger partial charge is 0.138 e. The molecule has 3 aromatic heterocycles. The molecule has 0 amide bonds. The summed E-state index contributed by atoms with van der Waals surface area (Å²) in [5, 5.41) is 8.52. The summed E-state index contributed by atoms with van der Waals surface area (Å²) in [6, 6.07) is 10.2. The Hall–Kier alpha value is -3.15. The Morgan fingerprint density at radius 1 is 1.08 bits per heavy atom. The summed E-state index contributed by atoms with van der Waals surface area (Å²) in [5.41, 5.74) is 6.14. The van der Waals surface area contributed by atoms with Gasteiger partial charge in [0.1, 0.15) is 5.76 Å². The van der Waals surface area contributed by atoms with E-state index in [1.54, 1.807) is 0 Å². The highest BCUT2D eigenvalue weighted by Gasteiger charge is 2.19. The predicted octanol–water partition coefficient (Wildman–Crippen LogP) is 4.09. The molecule has 0 atom stereocenters. The van der Waals surface area contributed by atoms with Crippen molar-refractivity contribution in [1.82, 2.24) is 24.5 Å². The number of hydrogen-bond acceptors (Lipinski definition) is 4. The number of hydrogen-bond donors (Lipinski definition) is 0. The number of aryl methyl sites for hydroxylation is 3. The first-order chi connectivity index (χ1) is 12.7. The van der Waals surface area contributed by atoms with Crippen molar-refractivity contribution in [2.75, 3.05) is 0 Å². The molecular weight excluding hydrogens is 326 g/mol. The minimum atomic E-state index is 0.660. The number of benzene rings is 1. The molecule has 0 spiro atoms. The average molecular weight is 347 g/mol. The fourth-order valence-electron chi connectivity index (χ4n) is 3.17. The molecule has 0 saturated heterocycles. The van der Waals surface area contributed by atoms with Crippen LogP contribution in [0.3, 0.4) is 0 Å². The maximum atomic E-state index is 5.33. The van der Waals surface area contributed by atoms with E-state index >= 15 is 0 Å². The molecule has 0 aliphatic rings. The molecule has 0 N–H and O–H groups in total. The number of rotatable bonds is 5. The summed E-state index contributed by atoms with van der Waals surface area (Å²) in [7, 11) is 0.